The molecule has 25 heavy (non-hydrogen) atoms. The van der Waals surface area contributed by atoms with E-state index in [1.165, 1.54) is 17.2 Å². The van der Waals surface area contributed by atoms with Gasteiger partial charge in [0, 0.05) is 12.6 Å². The van der Waals surface area contributed by atoms with Crippen molar-refractivity contribution in [1.82, 2.24) is 4.90 Å². The second-order valence-electron chi connectivity index (χ2n) is 4.98. The molecular formula is C16H13FN2O4S2. The summed E-state index contributed by atoms with van der Waals surface area (Å²) in [6.07, 6.45) is 3.00. The molecular weight excluding hydrogens is 367 g/mol. The zero-order valence-corrected chi connectivity index (χ0v) is 14.7. The Morgan fingerprint density at radius 1 is 1.28 bits per heavy atom. The van der Waals surface area contributed by atoms with Crippen LogP contribution in [0.2, 0.25) is 0 Å². The molecule has 1 saturated heterocycles. The highest BCUT2D eigenvalue weighted by molar-refractivity contribution is 8.19. The number of amidine groups is 1. The Morgan fingerprint density at radius 3 is 2.60 bits per heavy atom. The fraction of sp³-hybridized carbons (Fsp3) is 0.125. The third-order valence-corrected chi connectivity index (χ3v) is 5.73. The van der Waals surface area contributed by atoms with E-state index in [4.69, 9.17) is 4.42 Å². The van der Waals surface area contributed by atoms with Crippen molar-refractivity contribution < 1.29 is 22.0 Å². The lowest BCUT2D eigenvalue weighted by Crippen LogP contribution is -2.29. The molecule has 0 radical (unpaired) electrons. The molecule has 0 N–H and O–H groups in total. The Kier molecular flexibility index (Phi) is 4.78. The number of sulfonamides is 1. The standard InChI is InChI=1S/C16H13FN2O4S2/c1-2-19-15(20)14(10-12-4-3-9-23-12)24-16(19)18-25(21,22)13-7-5-11(17)6-8-13/h3-10H,2H2,1H3/b14-10-,18-16+. The Bertz CT molecular complexity index is 949. The summed E-state index contributed by atoms with van der Waals surface area (Å²) in [4.78, 5) is 13.8. The van der Waals surface area contributed by atoms with Gasteiger partial charge in [-0.15, -0.1) is 4.40 Å². The first-order chi connectivity index (χ1) is 11.9. The number of benzene rings is 1. The molecule has 2 aromatic rings. The smallest absolute Gasteiger partial charge is 0.284 e. The summed E-state index contributed by atoms with van der Waals surface area (Å²) >= 11 is 0.949. The largest absolute Gasteiger partial charge is 0.465 e. The van der Waals surface area contributed by atoms with Crippen molar-refractivity contribution >= 4 is 38.9 Å². The summed E-state index contributed by atoms with van der Waals surface area (Å²) in [6, 6.07) is 7.71. The predicted octanol–water partition coefficient (Wildman–Crippen LogP) is 3.10. The molecule has 1 fully saturated rings. The summed E-state index contributed by atoms with van der Waals surface area (Å²) in [7, 11) is -4.06. The van der Waals surface area contributed by atoms with Gasteiger partial charge < -0.3 is 4.42 Å². The van der Waals surface area contributed by atoms with Gasteiger partial charge in [0.15, 0.2) is 5.17 Å². The van der Waals surface area contributed by atoms with Crippen molar-refractivity contribution in [2.24, 2.45) is 4.40 Å². The van der Waals surface area contributed by atoms with Crippen LogP contribution in [0.4, 0.5) is 4.39 Å². The van der Waals surface area contributed by atoms with Gasteiger partial charge in [-0.1, -0.05) is 0 Å². The lowest BCUT2D eigenvalue weighted by atomic mass is 10.3. The molecule has 6 nitrogen and oxygen atoms in total. The van der Waals surface area contributed by atoms with Crippen LogP contribution in [-0.4, -0.2) is 30.9 Å². The van der Waals surface area contributed by atoms with Crippen LogP contribution in [0.1, 0.15) is 12.7 Å². The summed E-state index contributed by atoms with van der Waals surface area (Å²) < 4.78 is 46.7. The third-order valence-electron chi connectivity index (χ3n) is 3.33. The number of rotatable bonds is 4. The van der Waals surface area contributed by atoms with Gasteiger partial charge in [-0.05, 0) is 55.1 Å². The van der Waals surface area contributed by atoms with E-state index in [2.05, 4.69) is 4.40 Å². The van der Waals surface area contributed by atoms with Crippen LogP contribution >= 0.6 is 11.8 Å². The molecule has 0 atom stereocenters. The molecule has 1 aliphatic rings. The van der Waals surface area contributed by atoms with E-state index in [0.717, 1.165) is 36.0 Å². The highest BCUT2D eigenvalue weighted by atomic mass is 32.2. The molecule has 0 spiro atoms. The number of hydrogen-bond donors (Lipinski definition) is 0. The van der Waals surface area contributed by atoms with Gasteiger partial charge in [-0.3, -0.25) is 9.69 Å². The molecule has 0 bridgehead atoms. The summed E-state index contributed by atoms with van der Waals surface area (Å²) in [5.41, 5.74) is 0. The number of amides is 1. The van der Waals surface area contributed by atoms with Crippen LogP contribution in [0.15, 0.2) is 61.3 Å². The van der Waals surface area contributed by atoms with Crippen LogP contribution < -0.4 is 0 Å². The molecule has 3 rings (SSSR count). The molecule has 2 heterocycles. The zero-order valence-electron chi connectivity index (χ0n) is 13.0. The number of furan rings is 1. The Morgan fingerprint density at radius 2 is 2.00 bits per heavy atom. The zero-order chi connectivity index (χ0) is 18.0. The fourth-order valence-corrected chi connectivity index (χ4v) is 4.34. The maximum atomic E-state index is 13.0. The number of thioether (sulfide) groups is 1. The van der Waals surface area contributed by atoms with Crippen LogP contribution in [0.3, 0.4) is 0 Å². The predicted molar refractivity (Wildman–Crippen MR) is 92.7 cm³/mol. The van der Waals surface area contributed by atoms with Crippen molar-refractivity contribution in [1.29, 1.82) is 0 Å². The van der Waals surface area contributed by atoms with Crippen molar-refractivity contribution in [3.8, 4) is 0 Å². The maximum Gasteiger partial charge on any atom is 0.284 e. The Balaban J connectivity index is 1.96. The van der Waals surface area contributed by atoms with Crippen LogP contribution in [0.5, 0.6) is 0 Å². The van der Waals surface area contributed by atoms with Gasteiger partial charge in [-0.2, -0.15) is 8.42 Å². The van der Waals surface area contributed by atoms with E-state index in [1.807, 2.05) is 0 Å². The van der Waals surface area contributed by atoms with Crippen molar-refractivity contribution in [2.75, 3.05) is 6.54 Å². The molecule has 0 saturated carbocycles. The number of halogens is 1. The van der Waals surface area contributed by atoms with Gasteiger partial charge in [0.2, 0.25) is 0 Å². The highest BCUT2D eigenvalue weighted by Crippen LogP contribution is 2.33. The summed E-state index contributed by atoms with van der Waals surface area (Å²) in [5, 5.41) is 0.0506. The average molecular weight is 380 g/mol. The quantitative estimate of drug-likeness (QED) is 0.762. The van der Waals surface area contributed by atoms with Gasteiger partial charge in [0.1, 0.15) is 11.6 Å². The number of likely N-dealkylation sites (N-methyl/N-ethyl adjacent to an activating group) is 1. The van der Waals surface area contributed by atoms with Crippen molar-refractivity contribution in [2.45, 2.75) is 11.8 Å². The fourth-order valence-electron chi connectivity index (χ4n) is 2.12. The molecule has 1 aromatic heterocycles. The van der Waals surface area contributed by atoms with Gasteiger partial charge >= 0.3 is 0 Å². The summed E-state index contributed by atoms with van der Waals surface area (Å²) in [5.74, 6) is -0.414. The number of nitrogens with zero attached hydrogens (tertiary/aromatic N) is 2. The van der Waals surface area contributed by atoms with E-state index >= 15 is 0 Å². The first-order valence-corrected chi connectivity index (χ1v) is 9.52. The second-order valence-corrected chi connectivity index (χ2v) is 7.59. The topological polar surface area (TPSA) is 80.0 Å². The van der Waals surface area contributed by atoms with Crippen molar-refractivity contribution in [3.63, 3.8) is 0 Å². The molecule has 0 aliphatic carbocycles. The second kappa shape index (κ2) is 6.85. The van der Waals surface area contributed by atoms with Gasteiger partial charge in [0.25, 0.3) is 15.9 Å². The Labute approximate surface area is 148 Å². The lowest BCUT2D eigenvalue weighted by molar-refractivity contribution is -0.122. The number of carbonyl (C=O) groups is 1. The number of hydrogen-bond acceptors (Lipinski definition) is 5. The molecule has 130 valence electrons. The van der Waals surface area contributed by atoms with E-state index in [1.54, 1.807) is 19.1 Å². The van der Waals surface area contributed by atoms with Crippen LogP contribution in [0.25, 0.3) is 6.08 Å². The monoisotopic (exact) mass is 380 g/mol. The van der Waals surface area contributed by atoms with Crippen LogP contribution in [0, 0.1) is 5.82 Å². The molecule has 0 unspecified atom stereocenters. The van der Waals surface area contributed by atoms with Gasteiger partial charge in [0.05, 0.1) is 16.1 Å². The molecule has 1 aromatic carbocycles. The van der Waals surface area contributed by atoms with Gasteiger partial charge in [-0.25, -0.2) is 4.39 Å². The van der Waals surface area contributed by atoms with Crippen molar-refractivity contribution in [3.05, 3.63) is 59.1 Å². The van der Waals surface area contributed by atoms with Crippen LogP contribution in [-0.2, 0) is 14.8 Å². The third kappa shape index (κ3) is 3.67. The highest BCUT2D eigenvalue weighted by Gasteiger charge is 2.34. The maximum absolute atomic E-state index is 13.0. The molecule has 9 heteroatoms. The van der Waals surface area contributed by atoms with E-state index in [-0.39, 0.29) is 22.5 Å². The SMILES string of the molecule is CCN1C(=O)/C(=C/c2ccco2)S/C1=N/S(=O)(=O)c1ccc(F)cc1. The summed E-state index contributed by atoms with van der Waals surface area (Å²) in [6.45, 7) is 1.98. The average Bonchev–Trinajstić information content (AvgIpc) is 3.17. The van der Waals surface area contributed by atoms with E-state index in [0.29, 0.717) is 10.7 Å². The normalized spacial score (nSPS) is 18.5. The first-order valence-electron chi connectivity index (χ1n) is 7.26. The Hall–Kier alpha value is -2.39. The minimum atomic E-state index is -4.06. The first kappa shape index (κ1) is 17.4. The minimum Gasteiger partial charge on any atom is -0.465 e. The number of carbonyl (C=O) groups excluding carboxylic acids is 1. The molecule has 1 aliphatic heterocycles. The molecule has 1 amide bonds. The van der Waals surface area contributed by atoms with E-state index < -0.39 is 15.8 Å². The lowest BCUT2D eigenvalue weighted by Gasteiger charge is -2.11. The van der Waals surface area contributed by atoms with E-state index in [9.17, 15) is 17.6 Å². The minimum absolute atomic E-state index is 0.0506.